The second-order valence-electron chi connectivity index (χ2n) is 5.10. The third-order valence-electron chi connectivity index (χ3n) is 3.38. The molecule has 1 aliphatic rings. The van der Waals surface area contributed by atoms with Crippen LogP contribution in [0.2, 0.25) is 0 Å². The van der Waals surface area contributed by atoms with Crippen LogP contribution in [0.25, 0.3) is 0 Å². The first-order valence-electron chi connectivity index (χ1n) is 7.15. The summed E-state index contributed by atoms with van der Waals surface area (Å²) in [5.74, 6) is 0. The van der Waals surface area contributed by atoms with Gasteiger partial charge in [0.25, 0.3) is 0 Å². The Balaban J connectivity index is 2.12. The van der Waals surface area contributed by atoms with E-state index < -0.39 is 10.0 Å². The Morgan fingerprint density at radius 2 is 1.95 bits per heavy atom. The Labute approximate surface area is 121 Å². The van der Waals surface area contributed by atoms with Gasteiger partial charge in [-0.2, -0.15) is 0 Å². The molecule has 0 radical (unpaired) electrons. The molecule has 0 amide bonds. The van der Waals surface area contributed by atoms with E-state index in [9.17, 15) is 8.42 Å². The molecule has 1 aliphatic carbocycles. The highest BCUT2D eigenvalue weighted by molar-refractivity contribution is 7.89. The van der Waals surface area contributed by atoms with Crippen molar-refractivity contribution >= 4 is 15.7 Å². The molecule has 2 rings (SSSR count). The fourth-order valence-electron chi connectivity index (χ4n) is 2.18. The zero-order valence-electron chi connectivity index (χ0n) is 11.9. The molecular weight excluding hydrogens is 274 g/mol. The van der Waals surface area contributed by atoms with Gasteiger partial charge in [-0.3, -0.25) is 0 Å². The Bertz CT molecular complexity index is 524. The standard InChI is InChI=1S/C14H23N3O2S/c1-2-10-16-20(18,19)14-7-5-13(6-8-14)17(11-9-15)12-3-4-12/h5-8,12,16H,2-4,9-11,15H2,1H3. The molecule has 0 bridgehead atoms. The van der Waals surface area contributed by atoms with Gasteiger partial charge in [0.2, 0.25) is 10.0 Å². The monoisotopic (exact) mass is 297 g/mol. The molecule has 0 spiro atoms. The molecule has 0 heterocycles. The zero-order chi connectivity index (χ0) is 14.6. The first kappa shape index (κ1) is 15.3. The first-order chi connectivity index (χ1) is 9.58. The van der Waals surface area contributed by atoms with Crippen LogP contribution < -0.4 is 15.4 Å². The van der Waals surface area contributed by atoms with Gasteiger partial charge < -0.3 is 10.6 Å². The topological polar surface area (TPSA) is 75.4 Å². The van der Waals surface area contributed by atoms with Crippen molar-refractivity contribution in [3.8, 4) is 0 Å². The summed E-state index contributed by atoms with van der Waals surface area (Å²) in [6.45, 7) is 3.82. The number of anilines is 1. The molecule has 112 valence electrons. The van der Waals surface area contributed by atoms with E-state index in [-0.39, 0.29) is 0 Å². The van der Waals surface area contributed by atoms with Crippen molar-refractivity contribution in [2.24, 2.45) is 5.73 Å². The number of hydrogen-bond donors (Lipinski definition) is 2. The van der Waals surface area contributed by atoms with Gasteiger partial charge in [0, 0.05) is 31.4 Å². The van der Waals surface area contributed by atoms with Gasteiger partial charge in [0.05, 0.1) is 4.90 Å². The molecule has 0 saturated heterocycles. The average Bonchev–Trinajstić information content (AvgIpc) is 3.27. The summed E-state index contributed by atoms with van der Waals surface area (Å²) in [6.07, 6.45) is 3.17. The number of nitrogens with two attached hydrogens (primary N) is 1. The van der Waals surface area contributed by atoms with Crippen molar-refractivity contribution in [3.05, 3.63) is 24.3 Å². The quantitative estimate of drug-likeness (QED) is 0.758. The maximum Gasteiger partial charge on any atom is 0.240 e. The Hall–Kier alpha value is -1.11. The minimum Gasteiger partial charge on any atom is -0.367 e. The van der Waals surface area contributed by atoms with Crippen LogP contribution in [0.4, 0.5) is 5.69 Å². The highest BCUT2D eigenvalue weighted by Gasteiger charge is 2.28. The lowest BCUT2D eigenvalue weighted by molar-refractivity contribution is 0.581. The molecule has 1 aromatic rings. The largest absolute Gasteiger partial charge is 0.367 e. The van der Waals surface area contributed by atoms with Gasteiger partial charge in [-0.25, -0.2) is 13.1 Å². The van der Waals surface area contributed by atoms with Crippen LogP contribution in [0.15, 0.2) is 29.2 Å². The molecule has 0 aromatic heterocycles. The molecule has 5 nitrogen and oxygen atoms in total. The predicted molar refractivity (Wildman–Crippen MR) is 81.3 cm³/mol. The van der Waals surface area contributed by atoms with Crippen LogP contribution in [0, 0.1) is 0 Å². The molecule has 6 heteroatoms. The van der Waals surface area contributed by atoms with Crippen LogP contribution in [0.5, 0.6) is 0 Å². The molecule has 0 atom stereocenters. The molecule has 1 fully saturated rings. The van der Waals surface area contributed by atoms with Gasteiger partial charge in [-0.05, 0) is 43.5 Å². The van der Waals surface area contributed by atoms with Gasteiger partial charge in [-0.1, -0.05) is 6.92 Å². The van der Waals surface area contributed by atoms with Gasteiger partial charge in [-0.15, -0.1) is 0 Å². The fraction of sp³-hybridized carbons (Fsp3) is 0.571. The van der Waals surface area contributed by atoms with Gasteiger partial charge in [0.1, 0.15) is 0 Å². The van der Waals surface area contributed by atoms with Crippen molar-refractivity contribution in [2.45, 2.75) is 37.1 Å². The molecule has 1 saturated carbocycles. The van der Waals surface area contributed by atoms with Crippen molar-refractivity contribution in [1.82, 2.24) is 4.72 Å². The Morgan fingerprint density at radius 3 is 2.45 bits per heavy atom. The summed E-state index contributed by atoms with van der Waals surface area (Å²) in [5.41, 5.74) is 6.69. The molecule has 1 aromatic carbocycles. The highest BCUT2D eigenvalue weighted by Crippen LogP contribution is 2.31. The Morgan fingerprint density at radius 1 is 1.30 bits per heavy atom. The van der Waals surface area contributed by atoms with E-state index in [1.165, 1.54) is 12.8 Å². The van der Waals surface area contributed by atoms with Crippen LogP contribution >= 0.6 is 0 Å². The van der Waals surface area contributed by atoms with Gasteiger partial charge in [0.15, 0.2) is 0 Å². The normalized spacial score (nSPS) is 15.3. The highest BCUT2D eigenvalue weighted by atomic mass is 32.2. The molecule has 20 heavy (non-hydrogen) atoms. The molecule has 0 unspecified atom stereocenters. The second-order valence-corrected chi connectivity index (χ2v) is 6.87. The lowest BCUT2D eigenvalue weighted by atomic mass is 10.3. The third-order valence-corrected chi connectivity index (χ3v) is 4.86. The number of nitrogens with one attached hydrogen (secondary N) is 1. The summed E-state index contributed by atoms with van der Waals surface area (Å²) >= 11 is 0. The number of benzene rings is 1. The maximum atomic E-state index is 12.0. The van der Waals surface area contributed by atoms with E-state index in [4.69, 9.17) is 5.73 Å². The lowest BCUT2D eigenvalue weighted by Gasteiger charge is -2.24. The van der Waals surface area contributed by atoms with Crippen molar-refractivity contribution in [2.75, 3.05) is 24.5 Å². The van der Waals surface area contributed by atoms with Crippen LogP contribution in [0.3, 0.4) is 0 Å². The Kier molecular flexibility index (Phi) is 5.01. The number of nitrogens with zero attached hydrogens (tertiary/aromatic N) is 1. The summed E-state index contributed by atoms with van der Waals surface area (Å²) < 4.78 is 26.6. The number of hydrogen-bond acceptors (Lipinski definition) is 4. The van der Waals surface area contributed by atoms with Crippen molar-refractivity contribution in [3.63, 3.8) is 0 Å². The average molecular weight is 297 g/mol. The van der Waals surface area contributed by atoms with Crippen LogP contribution in [-0.2, 0) is 10.0 Å². The van der Waals surface area contributed by atoms with E-state index >= 15 is 0 Å². The summed E-state index contributed by atoms with van der Waals surface area (Å²) in [7, 11) is -3.38. The molecule has 3 N–H and O–H groups in total. The summed E-state index contributed by atoms with van der Waals surface area (Å²) in [5, 5.41) is 0. The zero-order valence-corrected chi connectivity index (χ0v) is 12.7. The van der Waals surface area contributed by atoms with E-state index in [0.717, 1.165) is 18.7 Å². The van der Waals surface area contributed by atoms with Crippen molar-refractivity contribution < 1.29 is 8.42 Å². The minimum absolute atomic E-state index is 0.318. The van der Waals surface area contributed by atoms with E-state index in [1.54, 1.807) is 12.1 Å². The predicted octanol–water partition coefficient (Wildman–Crippen LogP) is 1.30. The van der Waals surface area contributed by atoms with Crippen LogP contribution in [0.1, 0.15) is 26.2 Å². The third kappa shape index (κ3) is 3.71. The minimum atomic E-state index is -3.38. The first-order valence-corrected chi connectivity index (χ1v) is 8.63. The number of rotatable bonds is 8. The van der Waals surface area contributed by atoms with Crippen LogP contribution in [-0.4, -0.2) is 34.1 Å². The van der Waals surface area contributed by atoms with Crippen molar-refractivity contribution in [1.29, 1.82) is 0 Å². The SMILES string of the molecule is CCCNS(=O)(=O)c1ccc(N(CCN)C2CC2)cc1. The summed E-state index contributed by atoms with van der Waals surface area (Å²) in [4.78, 5) is 2.58. The maximum absolute atomic E-state index is 12.0. The molecule has 0 aliphatic heterocycles. The second kappa shape index (κ2) is 6.56. The molecular formula is C14H23N3O2S. The van der Waals surface area contributed by atoms with E-state index in [2.05, 4.69) is 9.62 Å². The summed E-state index contributed by atoms with van der Waals surface area (Å²) in [6, 6.07) is 7.64. The van der Waals surface area contributed by atoms with Gasteiger partial charge >= 0.3 is 0 Å². The van der Waals surface area contributed by atoms with E-state index in [0.29, 0.717) is 24.0 Å². The smallest absolute Gasteiger partial charge is 0.240 e. The lowest BCUT2D eigenvalue weighted by Crippen LogP contribution is -2.31. The fourth-order valence-corrected chi connectivity index (χ4v) is 3.32. The number of sulfonamides is 1. The van der Waals surface area contributed by atoms with E-state index in [1.807, 2.05) is 19.1 Å².